The van der Waals surface area contributed by atoms with Gasteiger partial charge in [0.15, 0.2) is 0 Å². The summed E-state index contributed by atoms with van der Waals surface area (Å²) in [6.07, 6.45) is -3.92. The second-order valence-electron chi connectivity index (χ2n) is 7.07. The molecule has 0 bridgehead atoms. The fraction of sp³-hybridized carbons (Fsp3) is 0.238. The second-order valence-corrected chi connectivity index (χ2v) is 7.07. The van der Waals surface area contributed by atoms with Crippen molar-refractivity contribution in [3.05, 3.63) is 71.9 Å². The molecule has 0 amide bonds. The van der Waals surface area contributed by atoms with Gasteiger partial charge in [0.05, 0.1) is 12.1 Å². The predicted molar refractivity (Wildman–Crippen MR) is 104 cm³/mol. The molecule has 0 radical (unpaired) electrons. The fourth-order valence-electron chi connectivity index (χ4n) is 3.30. The number of rotatable bonds is 5. The normalized spacial score (nSPS) is 14.0. The van der Waals surface area contributed by atoms with Crippen molar-refractivity contribution in [2.24, 2.45) is 0 Å². The molecular formula is C21H17F4N5O. The molecule has 2 aromatic carbocycles. The van der Waals surface area contributed by atoms with E-state index in [9.17, 15) is 22.7 Å². The molecule has 4 rings (SSSR count). The lowest BCUT2D eigenvalue weighted by Gasteiger charge is -2.25. The molecule has 0 saturated carbocycles. The number of nitrogens with zero attached hydrogens (tertiary/aromatic N) is 5. The van der Waals surface area contributed by atoms with Crippen LogP contribution in [0.4, 0.5) is 17.6 Å². The number of hydrogen-bond acceptors (Lipinski definition) is 5. The number of hydrogen-bond donors (Lipinski definition) is 1. The third-order valence-electron chi connectivity index (χ3n) is 5.09. The smallest absolute Gasteiger partial charge is 0.374 e. The van der Waals surface area contributed by atoms with Crippen molar-refractivity contribution in [3.8, 4) is 11.1 Å². The Morgan fingerprint density at radius 3 is 2.45 bits per heavy atom. The highest BCUT2D eigenvalue weighted by Gasteiger charge is 2.56. The number of halogens is 4. The van der Waals surface area contributed by atoms with Crippen LogP contribution >= 0.6 is 0 Å². The molecule has 1 atom stereocenters. The number of benzene rings is 2. The molecule has 31 heavy (non-hydrogen) atoms. The summed E-state index contributed by atoms with van der Waals surface area (Å²) in [5, 5.41) is 21.6. The molecule has 4 aromatic rings. The number of aromatic nitrogens is 5. The van der Waals surface area contributed by atoms with Crippen LogP contribution < -0.4 is 0 Å². The molecule has 0 aliphatic heterocycles. The zero-order valence-electron chi connectivity index (χ0n) is 16.3. The van der Waals surface area contributed by atoms with E-state index in [4.69, 9.17) is 0 Å². The highest BCUT2D eigenvalue weighted by atomic mass is 19.4. The first kappa shape index (κ1) is 20.9. The van der Waals surface area contributed by atoms with E-state index in [-0.39, 0.29) is 12.4 Å². The SMILES string of the molecule is CCC(O)(c1nnn(Cc2ccc3c(-c4ccc(F)cc4)ccnc3c2)n1)C(F)(F)F. The lowest BCUT2D eigenvalue weighted by atomic mass is 10.00. The molecule has 1 N–H and O–H groups in total. The Balaban J connectivity index is 1.64. The van der Waals surface area contributed by atoms with Crippen molar-refractivity contribution < 1.29 is 22.7 Å². The Hall–Kier alpha value is -3.40. The van der Waals surface area contributed by atoms with Gasteiger partial charge in [-0.05, 0) is 52.6 Å². The molecular weight excluding hydrogens is 414 g/mol. The molecule has 0 saturated heterocycles. The Kier molecular flexibility index (Phi) is 5.18. The van der Waals surface area contributed by atoms with Crippen molar-refractivity contribution in [2.45, 2.75) is 31.7 Å². The first-order valence-corrected chi connectivity index (χ1v) is 9.42. The van der Waals surface area contributed by atoms with Crippen LogP contribution in [-0.4, -0.2) is 36.5 Å². The van der Waals surface area contributed by atoms with Gasteiger partial charge in [-0.25, -0.2) is 4.39 Å². The van der Waals surface area contributed by atoms with E-state index in [1.807, 2.05) is 12.1 Å². The molecule has 160 valence electrons. The van der Waals surface area contributed by atoms with Gasteiger partial charge in [0.25, 0.3) is 0 Å². The number of fused-ring (bicyclic) bond motifs is 1. The van der Waals surface area contributed by atoms with E-state index >= 15 is 0 Å². The van der Waals surface area contributed by atoms with E-state index in [1.54, 1.807) is 30.5 Å². The minimum absolute atomic E-state index is 0.0447. The summed E-state index contributed by atoms with van der Waals surface area (Å²) in [7, 11) is 0. The lowest BCUT2D eigenvalue weighted by molar-refractivity contribution is -0.270. The fourth-order valence-corrected chi connectivity index (χ4v) is 3.30. The van der Waals surface area contributed by atoms with E-state index in [1.165, 1.54) is 19.1 Å². The standard InChI is InChI=1S/C21H17F4N5O/c1-2-20(31,21(23,24)25)19-27-29-30(28-19)12-13-3-8-17-16(9-10-26-18(17)11-13)14-4-6-15(22)7-5-14/h3-11,31H,2,12H2,1H3. The topological polar surface area (TPSA) is 76.7 Å². The van der Waals surface area contributed by atoms with Crippen LogP contribution in [-0.2, 0) is 12.1 Å². The van der Waals surface area contributed by atoms with E-state index in [2.05, 4.69) is 20.4 Å². The van der Waals surface area contributed by atoms with Gasteiger partial charge in [-0.2, -0.15) is 18.0 Å². The number of aliphatic hydroxyl groups is 1. The first-order chi connectivity index (χ1) is 14.7. The summed E-state index contributed by atoms with van der Waals surface area (Å²) < 4.78 is 52.8. The third-order valence-corrected chi connectivity index (χ3v) is 5.09. The van der Waals surface area contributed by atoms with Crippen molar-refractivity contribution in [2.75, 3.05) is 0 Å². The molecule has 2 aromatic heterocycles. The van der Waals surface area contributed by atoms with E-state index in [0.29, 0.717) is 11.1 Å². The highest BCUT2D eigenvalue weighted by Crippen LogP contribution is 2.39. The average molecular weight is 431 g/mol. The summed E-state index contributed by atoms with van der Waals surface area (Å²) in [4.78, 5) is 5.34. The van der Waals surface area contributed by atoms with Crippen LogP contribution in [0.3, 0.4) is 0 Å². The molecule has 6 nitrogen and oxygen atoms in total. The van der Waals surface area contributed by atoms with Crippen molar-refractivity contribution in [3.63, 3.8) is 0 Å². The summed E-state index contributed by atoms with van der Waals surface area (Å²) in [6, 6.07) is 13.3. The van der Waals surface area contributed by atoms with Gasteiger partial charge in [-0.1, -0.05) is 31.2 Å². The second kappa shape index (κ2) is 7.69. The maximum absolute atomic E-state index is 13.2. The van der Waals surface area contributed by atoms with E-state index < -0.39 is 24.0 Å². The Morgan fingerprint density at radius 1 is 1.03 bits per heavy atom. The van der Waals surface area contributed by atoms with Gasteiger partial charge in [0.1, 0.15) is 5.82 Å². The maximum Gasteiger partial charge on any atom is 0.424 e. The summed E-state index contributed by atoms with van der Waals surface area (Å²) >= 11 is 0. The van der Waals surface area contributed by atoms with Crippen LogP contribution in [0.1, 0.15) is 24.7 Å². The summed E-state index contributed by atoms with van der Waals surface area (Å²) in [5.41, 5.74) is -0.112. The van der Waals surface area contributed by atoms with Gasteiger partial charge >= 0.3 is 6.18 Å². The zero-order valence-corrected chi connectivity index (χ0v) is 16.3. The molecule has 0 aliphatic carbocycles. The molecule has 0 spiro atoms. The molecule has 1 unspecified atom stereocenters. The van der Waals surface area contributed by atoms with Gasteiger partial charge in [0.2, 0.25) is 11.4 Å². The largest absolute Gasteiger partial charge is 0.424 e. The summed E-state index contributed by atoms with van der Waals surface area (Å²) in [5.74, 6) is -1.12. The van der Waals surface area contributed by atoms with E-state index in [0.717, 1.165) is 21.3 Å². The number of tetrazole rings is 1. The highest BCUT2D eigenvalue weighted by molar-refractivity contribution is 5.94. The molecule has 0 fully saturated rings. The Labute approximate surface area is 174 Å². The predicted octanol–water partition coefficient (Wildman–Crippen LogP) is 4.24. The molecule has 0 aliphatic rings. The Bertz CT molecular complexity index is 1220. The van der Waals surface area contributed by atoms with Gasteiger partial charge in [-0.15, -0.1) is 10.2 Å². The van der Waals surface area contributed by atoms with Gasteiger partial charge in [-0.3, -0.25) is 4.98 Å². The lowest BCUT2D eigenvalue weighted by Crippen LogP contribution is -2.42. The Morgan fingerprint density at radius 2 is 1.77 bits per heavy atom. The van der Waals surface area contributed by atoms with Crippen LogP contribution in [0.15, 0.2) is 54.7 Å². The molecule has 2 heterocycles. The van der Waals surface area contributed by atoms with Gasteiger partial charge < -0.3 is 5.11 Å². The number of alkyl halides is 3. The third kappa shape index (κ3) is 3.86. The average Bonchev–Trinajstić information content (AvgIpc) is 3.21. The van der Waals surface area contributed by atoms with Gasteiger partial charge in [0, 0.05) is 11.6 Å². The van der Waals surface area contributed by atoms with Crippen molar-refractivity contribution in [1.82, 2.24) is 25.2 Å². The van der Waals surface area contributed by atoms with Crippen molar-refractivity contribution in [1.29, 1.82) is 0 Å². The first-order valence-electron chi connectivity index (χ1n) is 9.42. The van der Waals surface area contributed by atoms with Crippen LogP contribution in [0.25, 0.3) is 22.0 Å². The zero-order chi connectivity index (χ0) is 22.2. The maximum atomic E-state index is 13.2. The molecule has 10 heteroatoms. The monoisotopic (exact) mass is 431 g/mol. The van der Waals surface area contributed by atoms with Crippen LogP contribution in [0, 0.1) is 5.82 Å². The number of pyridine rings is 1. The minimum atomic E-state index is -4.92. The van der Waals surface area contributed by atoms with Crippen LogP contribution in [0.2, 0.25) is 0 Å². The minimum Gasteiger partial charge on any atom is -0.374 e. The summed E-state index contributed by atoms with van der Waals surface area (Å²) in [6.45, 7) is 1.24. The quantitative estimate of drug-likeness (QED) is 0.479. The van der Waals surface area contributed by atoms with Crippen LogP contribution in [0.5, 0.6) is 0 Å². The van der Waals surface area contributed by atoms with Crippen molar-refractivity contribution >= 4 is 10.9 Å².